The summed E-state index contributed by atoms with van der Waals surface area (Å²) in [5.41, 5.74) is 1.15. The third-order valence-electron chi connectivity index (χ3n) is 2.69. The lowest BCUT2D eigenvalue weighted by Crippen LogP contribution is -2.25. The van der Waals surface area contributed by atoms with E-state index in [0.29, 0.717) is 0 Å². The Morgan fingerprint density at radius 3 is 2.92 bits per heavy atom. The highest BCUT2D eigenvalue weighted by molar-refractivity contribution is 4.96. The smallest absolute Gasteiger partial charge is 0.0947 e. The van der Waals surface area contributed by atoms with Crippen LogP contribution in [0.2, 0.25) is 0 Å². The fourth-order valence-electron chi connectivity index (χ4n) is 1.94. The Balaban J connectivity index is 1.78. The number of hydrogen-bond acceptors (Lipinski definition) is 2. The van der Waals surface area contributed by atoms with Gasteiger partial charge in [-0.2, -0.15) is 0 Å². The summed E-state index contributed by atoms with van der Waals surface area (Å²) in [4.78, 5) is 4.28. The fraction of sp³-hybridized carbons (Fsp3) is 0.700. The van der Waals surface area contributed by atoms with Crippen molar-refractivity contribution in [3.63, 3.8) is 0 Å². The van der Waals surface area contributed by atoms with Crippen LogP contribution in [0.4, 0.5) is 0 Å². The Hall–Kier alpha value is -0.830. The van der Waals surface area contributed by atoms with Gasteiger partial charge in [0.2, 0.25) is 0 Å². The van der Waals surface area contributed by atoms with E-state index < -0.39 is 0 Å². The summed E-state index contributed by atoms with van der Waals surface area (Å²) in [6.45, 7) is 0.922. The summed E-state index contributed by atoms with van der Waals surface area (Å²) in [7, 11) is 2.01. The molecule has 72 valence electrons. The van der Waals surface area contributed by atoms with Gasteiger partial charge in [0.15, 0.2) is 0 Å². The molecule has 1 aliphatic carbocycles. The summed E-state index contributed by atoms with van der Waals surface area (Å²) < 4.78 is 1.99. The first-order chi connectivity index (χ1) is 6.34. The number of aryl methyl sites for hydroxylation is 1. The average molecular weight is 179 g/mol. The molecule has 1 aromatic heterocycles. The summed E-state index contributed by atoms with van der Waals surface area (Å²) in [6.07, 6.45) is 9.38. The Labute approximate surface area is 79.2 Å². The van der Waals surface area contributed by atoms with Gasteiger partial charge in [0, 0.05) is 25.8 Å². The molecule has 2 rings (SSSR count). The van der Waals surface area contributed by atoms with Crippen LogP contribution >= 0.6 is 0 Å². The maximum Gasteiger partial charge on any atom is 0.0947 e. The maximum atomic E-state index is 4.28. The number of rotatable bonds is 3. The van der Waals surface area contributed by atoms with Crippen molar-refractivity contribution in [3.8, 4) is 0 Å². The average Bonchev–Trinajstić information content (AvgIpc) is 2.71. The van der Waals surface area contributed by atoms with E-state index in [0.717, 1.165) is 18.3 Å². The standard InChI is InChI=1S/C10H17N3/c1-13-7-10(12-8-13)6-11-9-4-2-3-5-9/h7-9,11H,2-6H2,1H3. The zero-order valence-corrected chi connectivity index (χ0v) is 8.16. The molecule has 3 nitrogen and oxygen atoms in total. The number of nitrogens with one attached hydrogen (secondary N) is 1. The highest BCUT2D eigenvalue weighted by Crippen LogP contribution is 2.17. The molecule has 0 aromatic carbocycles. The van der Waals surface area contributed by atoms with Crippen molar-refractivity contribution in [2.24, 2.45) is 7.05 Å². The Morgan fingerprint density at radius 2 is 2.31 bits per heavy atom. The van der Waals surface area contributed by atoms with E-state index in [1.807, 2.05) is 17.9 Å². The van der Waals surface area contributed by atoms with Crippen molar-refractivity contribution in [1.82, 2.24) is 14.9 Å². The van der Waals surface area contributed by atoms with Crippen LogP contribution < -0.4 is 5.32 Å². The van der Waals surface area contributed by atoms with Crippen molar-refractivity contribution in [1.29, 1.82) is 0 Å². The summed E-state index contributed by atoms with van der Waals surface area (Å²) in [5, 5.41) is 3.54. The molecule has 1 aromatic rings. The molecule has 0 radical (unpaired) electrons. The Bertz CT molecular complexity index is 261. The molecule has 0 amide bonds. The molecule has 0 spiro atoms. The van der Waals surface area contributed by atoms with Gasteiger partial charge in [-0.1, -0.05) is 12.8 Å². The van der Waals surface area contributed by atoms with Crippen LogP contribution in [0, 0.1) is 0 Å². The Kier molecular flexibility index (Phi) is 2.64. The molecule has 1 heterocycles. The molecular formula is C10H17N3. The highest BCUT2D eigenvalue weighted by atomic mass is 15.0. The molecule has 3 heteroatoms. The maximum absolute atomic E-state index is 4.28. The summed E-state index contributed by atoms with van der Waals surface area (Å²) in [6, 6.07) is 0.738. The molecule has 1 saturated carbocycles. The summed E-state index contributed by atoms with van der Waals surface area (Å²) in [5.74, 6) is 0. The van der Waals surface area contributed by atoms with E-state index >= 15 is 0 Å². The summed E-state index contributed by atoms with van der Waals surface area (Å²) >= 11 is 0. The number of imidazole rings is 1. The molecule has 0 unspecified atom stereocenters. The molecule has 0 bridgehead atoms. The molecule has 13 heavy (non-hydrogen) atoms. The Morgan fingerprint density at radius 1 is 1.54 bits per heavy atom. The van der Waals surface area contributed by atoms with Gasteiger partial charge in [0.25, 0.3) is 0 Å². The zero-order valence-electron chi connectivity index (χ0n) is 8.16. The van der Waals surface area contributed by atoms with Crippen LogP contribution in [0.25, 0.3) is 0 Å². The fourth-order valence-corrected chi connectivity index (χ4v) is 1.94. The molecule has 0 aliphatic heterocycles. The van der Waals surface area contributed by atoms with E-state index in [1.54, 1.807) is 0 Å². The molecule has 1 aliphatic rings. The van der Waals surface area contributed by atoms with Gasteiger partial charge >= 0.3 is 0 Å². The van der Waals surface area contributed by atoms with Gasteiger partial charge in [-0.15, -0.1) is 0 Å². The largest absolute Gasteiger partial charge is 0.340 e. The number of aromatic nitrogens is 2. The molecule has 0 atom stereocenters. The predicted octanol–water partition coefficient (Wildman–Crippen LogP) is 1.45. The number of nitrogens with zero attached hydrogens (tertiary/aromatic N) is 2. The minimum atomic E-state index is 0.738. The third kappa shape index (κ3) is 2.31. The van der Waals surface area contributed by atoms with Crippen LogP contribution in [0.1, 0.15) is 31.4 Å². The van der Waals surface area contributed by atoms with Crippen LogP contribution in [-0.4, -0.2) is 15.6 Å². The van der Waals surface area contributed by atoms with E-state index in [1.165, 1.54) is 25.7 Å². The second kappa shape index (κ2) is 3.92. The first-order valence-electron chi connectivity index (χ1n) is 5.05. The molecule has 1 N–H and O–H groups in total. The minimum absolute atomic E-state index is 0.738. The first-order valence-corrected chi connectivity index (χ1v) is 5.05. The van der Waals surface area contributed by atoms with E-state index in [4.69, 9.17) is 0 Å². The van der Waals surface area contributed by atoms with Crippen LogP contribution in [0.5, 0.6) is 0 Å². The van der Waals surface area contributed by atoms with Crippen LogP contribution in [-0.2, 0) is 13.6 Å². The zero-order chi connectivity index (χ0) is 9.10. The van der Waals surface area contributed by atoms with Crippen molar-refractivity contribution >= 4 is 0 Å². The van der Waals surface area contributed by atoms with E-state index in [-0.39, 0.29) is 0 Å². The van der Waals surface area contributed by atoms with E-state index in [2.05, 4.69) is 16.5 Å². The number of hydrogen-bond donors (Lipinski definition) is 1. The van der Waals surface area contributed by atoms with E-state index in [9.17, 15) is 0 Å². The topological polar surface area (TPSA) is 29.9 Å². The van der Waals surface area contributed by atoms with Gasteiger partial charge in [0.1, 0.15) is 0 Å². The van der Waals surface area contributed by atoms with Crippen LogP contribution in [0.15, 0.2) is 12.5 Å². The van der Waals surface area contributed by atoms with Crippen molar-refractivity contribution < 1.29 is 0 Å². The van der Waals surface area contributed by atoms with Crippen molar-refractivity contribution in [2.45, 2.75) is 38.3 Å². The quantitative estimate of drug-likeness (QED) is 0.761. The third-order valence-corrected chi connectivity index (χ3v) is 2.69. The predicted molar refractivity (Wildman–Crippen MR) is 52.3 cm³/mol. The lowest BCUT2D eigenvalue weighted by molar-refractivity contribution is 0.520. The highest BCUT2D eigenvalue weighted by Gasteiger charge is 2.13. The SMILES string of the molecule is Cn1cnc(CNC2CCCC2)c1. The lowest BCUT2D eigenvalue weighted by Gasteiger charge is -2.09. The van der Waals surface area contributed by atoms with Gasteiger partial charge in [-0.25, -0.2) is 4.98 Å². The van der Waals surface area contributed by atoms with Gasteiger partial charge in [0.05, 0.1) is 12.0 Å². The molecular weight excluding hydrogens is 162 g/mol. The molecule has 0 saturated heterocycles. The second-order valence-electron chi connectivity index (χ2n) is 3.89. The second-order valence-corrected chi connectivity index (χ2v) is 3.89. The lowest BCUT2D eigenvalue weighted by atomic mass is 10.2. The van der Waals surface area contributed by atoms with Gasteiger partial charge in [-0.05, 0) is 12.8 Å². The van der Waals surface area contributed by atoms with Crippen molar-refractivity contribution in [3.05, 3.63) is 18.2 Å². The monoisotopic (exact) mass is 179 g/mol. The van der Waals surface area contributed by atoms with Crippen molar-refractivity contribution in [2.75, 3.05) is 0 Å². The van der Waals surface area contributed by atoms with Crippen LogP contribution in [0.3, 0.4) is 0 Å². The van der Waals surface area contributed by atoms with Gasteiger partial charge < -0.3 is 9.88 Å². The minimum Gasteiger partial charge on any atom is -0.340 e. The molecule has 1 fully saturated rings. The first kappa shape index (κ1) is 8.75. The van der Waals surface area contributed by atoms with Gasteiger partial charge in [-0.3, -0.25) is 0 Å². The normalized spacial score (nSPS) is 18.2.